The van der Waals surface area contributed by atoms with Crippen molar-refractivity contribution in [3.63, 3.8) is 0 Å². The van der Waals surface area contributed by atoms with E-state index in [9.17, 15) is 0 Å². The zero-order chi connectivity index (χ0) is 97.1. The summed E-state index contributed by atoms with van der Waals surface area (Å²) in [6, 6.07) is 205. The molecule has 0 amide bonds. The van der Waals surface area contributed by atoms with Crippen LogP contribution in [0.1, 0.15) is 25.0 Å². The molecule has 0 saturated heterocycles. The fraction of sp³-hybridized carbons (Fsp3) is 0.0213. The Morgan fingerprint density at radius 3 is 0.836 bits per heavy atom. The molecule has 0 fully saturated rings. The molecule has 0 atom stereocenters. The highest BCUT2D eigenvalue weighted by Crippen LogP contribution is 2.54. The lowest BCUT2D eigenvalue weighted by atomic mass is 9.73. The molecule has 4 heterocycles. The maximum Gasteiger partial charge on any atom is 0.0542 e. The number of nitrogens with zero attached hydrogens (tertiary/aromatic N) is 5. The molecule has 0 spiro atoms. The highest BCUT2D eigenvalue weighted by Gasteiger charge is 2.37. The molecular formula is C141H99N5. The van der Waals surface area contributed by atoms with Gasteiger partial charge < -0.3 is 23.5 Å². The topological polar surface area (TPSA) is 21.3 Å². The van der Waals surface area contributed by atoms with Gasteiger partial charge >= 0.3 is 0 Å². The van der Waals surface area contributed by atoms with E-state index < -0.39 is 0 Å². The molecule has 0 aliphatic carbocycles. The van der Waals surface area contributed by atoms with Crippen LogP contribution in [0.2, 0.25) is 0 Å². The van der Waals surface area contributed by atoms with E-state index in [-0.39, 0.29) is 5.41 Å². The third-order valence-corrected chi connectivity index (χ3v) is 29.6. The van der Waals surface area contributed by atoms with Crippen molar-refractivity contribution in [2.24, 2.45) is 0 Å². The number of anilines is 6. The smallest absolute Gasteiger partial charge is 0.0542 e. The molecule has 5 nitrogen and oxygen atoms in total. The van der Waals surface area contributed by atoms with Crippen LogP contribution < -0.4 is 9.80 Å². The molecule has 0 unspecified atom stereocenters. The van der Waals surface area contributed by atoms with E-state index in [1.165, 1.54) is 221 Å². The lowest BCUT2D eigenvalue weighted by Crippen LogP contribution is -2.30. The second kappa shape index (κ2) is 37.3. The number of benzene rings is 24. The first kappa shape index (κ1) is 87.3. The highest BCUT2D eigenvalue weighted by atomic mass is 15.2. The molecule has 0 radical (unpaired) electrons. The van der Waals surface area contributed by atoms with Crippen LogP contribution in [0.5, 0.6) is 0 Å². The van der Waals surface area contributed by atoms with E-state index in [4.69, 9.17) is 0 Å². The predicted octanol–water partition coefficient (Wildman–Crippen LogP) is 38.7. The second-order valence-corrected chi connectivity index (χ2v) is 38.6. The Bertz CT molecular complexity index is 9430. The van der Waals surface area contributed by atoms with Crippen LogP contribution >= 0.6 is 0 Å². The summed E-state index contributed by atoms with van der Waals surface area (Å²) < 4.78 is 7.25. The monoisotopic (exact) mass is 1860 g/mol. The number of para-hydroxylation sites is 8. The number of hydrogen-bond donors (Lipinski definition) is 0. The van der Waals surface area contributed by atoms with Crippen LogP contribution in [0.15, 0.2) is 564 Å². The van der Waals surface area contributed by atoms with Gasteiger partial charge in [0.2, 0.25) is 0 Å². The summed E-state index contributed by atoms with van der Waals surface area (Å²) in [6.07, 6.45) is 0. The van der Waals surface area contributed by atoms with Gasteiger partial charge in [0.25, 0.3) is 0 Å². The van der Waals surface area contributed by atoms with Gasteiger partial charge in [-0.05, 0) is 302 Å². The third-order valence-electron chi connectivity index (χ3n) is 29.6. The lowest BCUT2D eigenvalue weighted by Gasteiger charge is -2.42. The van der Waals surface area contributed by atoms with Crippen LogP contribution in [-0.2, 0) is 5.41 Å². The van der Waals surface area contributed by atoms with Gasteiger partial charge in [-0.3, -0.25) is 0 Å². The Balaban J connectivity index is 0.000000111. The molecule has 5 heteroatoms. The van der Waals surface area contributed by atoms with Crippen LogP contribution in [0.25, 0.3) is 204 Å². The van der Waals surface area contributed by atoms with Crippen molar-refractivity contribution in [2.45, 2.75) is 19.3 Å². The van der Waals surface area contributed by atoms with Gasteiger partial charge in [-0.1, -0.05) is 408 Å². The highest BCUT2D eigenvalue weighted by molar-refractivity contribution is 6.26. The Morgan fingerprint density at radius 2 is 0.404 bits per heavy atom. The van der Waals surface area contributed by atoms with Gasteiger partial charge in [0, 0.05) is 77.5 Å². The first-order valence-corrected chi connectivity index (χ1v) is 50.4. The molecule has 1 aliphatic rings. The van der Waals surface area contributed by atoms with E-state index in [1.807, 2.05) is 0 Å². The number of rotatable bonds is 15. The molecule has 0 N–H and O–H groups in total. The van der Waals surface area contributed by atoms with Crippen molar-refractivity contribution in [1.29, 1.82) is 0 Å². The van der Waals surface area contributed by atoms with E-state index >= 15 is 0 Å². The van der Waals surface area contributed by atoms with Crippen molar-refractivity contribution in [1.82, 2.24) is 13.7 Å². The molecule has 24 aromatic carbocycles. The summed E-state index contributed by atoms with van der Waals surface area (Å²) in [7, 11) is 0. The molecule has 27 aromatic rings. The summed E-state index contributed by atoms with van der Waals surface area (Å²) in [5.41, 5.74) is 39.6. The number of aromatic nitrogens is 3. The van der Waals surface area contributed by atoms with E-state index in [0.717, 1.165) is 28.4 Å². The van der Waals surface area contributed by atoms with Gasteiger partial charge in [0.15, 0.2) is 0 Å². The summed E-state index contributed by atoms with van der Waals surface area (Å²) in [5, 5.41) is 15.3. The van der Waals surface area contributed by atoms with Crippen LogP contribution in [0, 0.1) is 0 Å². The molecule has 688 valence electrons. The Labute approximate surface area is 849 Å². The van der Waals surface area contributed by atoms with Crippen LogP contribution in [0.4, 0.5) is 34.1 Å². The zero-order valence-corrected chi connectivity index (χ0v) is 80.9. The molecule has 28 rings (SSSR count). The van der Waals surface area contributed by atoms with Crippen LogP contribution in [-0.4, -0.2) is 13.7 Å². The van der Waals surface area contributed by atoms with Gasteiger partial charge in [-0.25, -0.2) is 0 Å². The molecule has 3 aromatic heterocycles. The van der Waals surface area contributed by atoms with Gasteiger partial charge in [-0.2, -0.15) is 0 Å². The van der Waals surface area contributed by atoms with Gasteiger partial charge in [-0.15, -0.1) is 0 Å². The molecule has 146 heavy (non-hydrogen) atoms. The minimum absolute atomic E-state index is 0.0932. The third kappa shape index (κ3) is 15.9. The summed E-state index contributed by atoms with van der Waals surface area (Å²) in [4.78, 5) is 4.76. The van der Waals surface area contributed by atoms with E-state index in [0.29, 0.717) is 0 Å². The van der Waals surface area contributed by atoms with Crippen molar-refractivity contribution < 1.29 is 0 Å². The second-order valence-electron chi connectivity index (χ2n) is 38.6. The maximum atomic E-state index is 2.45. The number of hydrogen-bond acceptors (Lipinski definition) is 2. The van der Waals surface area contributed by atoms with E-state index in [1.54, 1.807) is 0 Å². The first-order chi connectivity index (χ1) is 72.2. The van der Waals surface area contributed by atoms with E-state index in [2.05, 4.69) is 602 Å². The SMILES string of the molecule is CC1(C)c2ccccc2N(c2ccc3c(c2)c2ccccc2n3-c2cc(-c3ccccc3)cc(-c3ccccc3)c2)c2ccccc21.c1ccc(-c2cccc(-c3cccc(-c4cccc(-n5c6ccccc6c6cc(-n7c8ccccc8c8ccccc87)ccc65)c4)c3)c2)cc1.c1ccc(N(c2ccccc2)c2cccc(-c3cccc(-c4cccc(-c5ccc6c7ccccc7c7ccccc7c6c5)c4)c3)c2)cc1. The molecule has 0 saturated carbocycles. The van der Waals surface area contributed by atoms with Crippen molar-refractivity contribution in [2.75, 3.05) is 9.80 Å². The summed E-state index contributed by atoms with van der Waals surface area (Å²) in [5.74, 6) is 0. The van der Waals surface area contributed by atoms with Crippen molar-refractivity contribution >= 4 is 132 Å². The summed E-state index contributed by atoms with van der Waals surface area (Å²) >= 11 is 0. The normalized spacial score (nSPS) is 12.1. The first-order valence-electron chi connectivity index (χ1n) is 50.4. The number of fused-ring (bicyclic) bond motifs is 17. The predicted molar refractivity (Wildman–Crippen MR) is 620 cm³/mol. The largest absolute Gasteiger partial charge is 0.310 e. The Kier molecular flexibility index (Phi) is 22.3. The molecule has 0 bridgehead atoms. The van der Waals surface area contributed by atoms with Crippen LogP contribution in [0.3, 0.4) is 0 Å². The quantitative estimate of drug-likeness (QED) is 0.0954. The standard InChI is InChI=1S/C48H32N2.C48H33N.C45H34N2/c1-2-13-33(14-3-1)34-15-10-16-35(29-34)36-17-11-18-37(30-36)38-19-12-20-39(31-38)49-47-26-9-6-23-43(47)44-32-40(27-28-48(44)49)50-45-24-7-4-21-41(45)42-22-5-8-25-46(42)50;1-3-19-40(20-4-1)49(41-21-5-2-6-22-41)42-23-13-18-38(32-42)36-16-11-14-34(30-36)35-15-12-17-37(31-35)39-28-29-47-45-26-8-7-24-43(45)44-25-9-10-27-46(44)48(47)33-39;1-45(2)39-20-10-13-23-43(39)46(44-24-14-11-21-40(44)45)35-25-26-42-38(30-35)37-19-9-12-22-41(37)47(42)36-28-33(31-15-5-3-6-16-31)27-34(29-36)32-17-7-4-8-18-32/h1-32H;1-33H;3-30H,1-2H3. The van der Waals surface area contributed by atoms with Gasteiger partial charge in [0.05, 0.1) is 44.5 Å². The Hall–Kier alpha value is -18.9. The zero-order valence-electron chi connectivity index (χ0n) is 80.9. The average Bonchev–Trinajstić information content (AvgIpc) is 1.02. The average molecular weight is 1860 g/mol. The van der Waals surface area contributed by atoms with Gasteiger partial charge in [0.1, 0.15) is 0 Å². The van der Waals surface area contributed by atoms with Crippen molar-refractivity contribution in [3.8, 4) is 106 Å². The Morgan fingerprint density at radius 1 is 0.144 bits per heavy atom. The lowest BCUT2D eigenvalue weighted by molar-refractivity contribution is 0.632. The summed E-state index contributed by atoms with van der Waals surface area (Å²) in [6.45, 7) is 4.68. The fourth-order valence-electron chi connectivity index (χ4n) is 22.7. The van der Waals surface area contributed by atoms with Crippen molar-refractivity contribution in [3.05, 3.63) is 575 Å². The fourth-order valence-corrected chi connectivity index (χ4v) is 22.7. The minimum atomic E-state index is -0.0932. The molecular weight excluding hydrogens is 1760 g/mol. The maximum absolute atomic E-state index is 2.45. The minimum Gasteiger partial charge on any atom is -0.310 e. The molecule has 1 aliphatic heterocycles.